The van der Waals surface area contributed by atoms with E-state index in [0.717, 1.165) is 35.4 Å². The molecular formula is C13H19N5O. The van der Waals surface area contributed by atoms with Crippen molar-refractivity contribution >= 4 is 0 Å². The first-order valence-electron chi connectivity index (χ1n) is 6.46. The van der Waals surface area contributed by atoms with Crippen molar-refractivity contribution in [3.63, 3.8) is 0 Å². The van der Waals surface area contributed by atoms with E-state index >= 15 is 0 Å². The summed E-state index contributed by atoms with van der Waals surface area (Å²) < 4.78 is 5.67. The number of aryl methyl sites for hydroxylation is 2. The first-order valence-corrected chi connectivity index (χ1v) is 6.46. The third kappa shape index (κ3) is 2.73. The monoisotopic (exact) mass is 261 g/mol. The van der Waals surface area contributed by atoms with Crippen molar-refractivity contribution in [3.05, 3.63) is 28.6 Å². The lowest BCUT2D eigenvalue weighted by atomic mass is 10.0. The summed E-state index contributed by atoms with van der Waals surface area (Å²) >= 11 is 0. The van der Waals surface area contributed by atoms with Gasteiger partial charge in [-0.05, 0) is 25.3 Å². The topological polar surface area (TPSA) is 89.7 Å². The Morgan fingerprint density at radius 2 is 2.00 bits per heavy atom. The first-order chi connectivity index (χ1) is 9.19. The van der Waals surface area contributed by atoms with E-state index in [1.165, 1.54) is 0 Å². The molecule has 0 spiro atoms. The minimum atomic E-state index is 0.379. The highest BCUT2D eigenvalue weighted by molar-refractivity contribution is 5.38. The molecule has 19 heavy (non-hydrogen) atoms. The zero-order valence-electron chi connectivity index (χ0n) is 11.5. The number of H-pyrrole nitrogens is 1. The van der Waals surface area contributed by atoms with E-state index in [1.54, 1.807) is 6.07 Å². The summed E-state index contributed by atoms with van der Waals surface area (Å²) in [7, 11) is 0. The third-order valence-corrected chi connectivity index (χ3v) is 3.01. The molecule has 0 aliphatic heterocycles. The molecule has 0 radical (unpaired) electrons. The van der Waals surface area contributed by atoms with Crippen LogP contribution >= 0.6 is 0 Å². The molecular weight excluding hydrogens is 242 g/mol. The number of hydrogen-bond acceptors (Lipinski definition) is 5. The van der Waals surface area contributed by atoms with Crippen LogP contribution in [0.4, 0.5) is 0 Å². The van der Waals surface area contributed by atoms with Gasteiger partial charge >= 0.3 is 0 Å². The molecule has 0 saturated carbocycles. The van der Waals surface area contributed by atoms with Crippen LogP contribution in [-0.2, 0) is 19.4 Å². The molecule has 6 heteroatoms. The van der Waals surface area contributed by atoms with E-state index in [4.69, 9.17) is 10.5 Å². The Labute approximate surface area is 112 Å². The maximum atomic E-state index is 5.83. The van der Waals surface area contributed by atoms with Crippen LogP contribution in [0, 0.1) is 6.92 Å². The molecule has 2 rings (SSSR count). The summed E-state index contributed by atoms with van der Waals surface area (Å²) in [6.45, 7) is 6.43. The molecule has 2 aromatic rings. The molecule has 0 bridgehead atoms. The molecule has 0 aliphatic rings. The lowest BCUT2D eigenvalue weighted by Gasteiger charge is -2.13. The van der Waals surface area contributed by atoms with Gasteiger partial charge in [0.2, 0.25) is 11.8 Å². The average molecular weight is 261 g/mol. The van der Waals surface area contributed by atoms with Gasteiger partial charge in [-0.2, -0.15) is 5.10 Å². The van der Waals surface area contributed by atoms with Crippen LogP contribution < -0.4 is 10.5 Å². The highest BCUT2D eigenvalue weighted by Crippen LogP contribution is 2.26. The van der Waals surface area contributed by atoms with E-state index in [0.29, 0.717) is 18.3 Å². The summed E-state index contributed by atoms with van der Waals surface area (Å²) in [4.78, 5) is 0. The largest absolute Gasteiger partial charge is 0.417 e. The molecule has 102 valence electrons. The Hall–Kier alpha value is -1.95. The zero-order valence-corrected chi connectivity index (χ0v) is 11.5. The van der Waals surface area contributed by atoms with Crippen LogP contribution in [-0.4, -0.2) is 20.4 Å². The van der Waals surface area contributed by atoms with Crippen molar-refractivity contribution in [3.8, 4) is 11.8 Å². The fourth-order valence-corrected chi connectivity index (χ4v) is 2.07. The smallest absolute Gasteiger partial charge is 0.245 e. The lowest BCUT2D eigenvalue weighted by Crippen LogP contribution is -2.10. The molecule has 0 aliphatic carbocycles. The van der Waals surface area contributed by atoms with Crippen molar-refractivity contribution in [1.82, 2.24) is 20.4 Å². The Bertz CT molecular complexity index is 564. The van der Waals surface area contributed by atoms with Gasteiger partial charge in [-0.15, -0.1) is 10.2 Å². The fraction of sp³-hybridized carbons (Fsp3) is 0.462. The van der Waals surface area contributed by atoms with Gasteiger partial charge in [-0.3, -0.25) is 5.10 Å². The Balaban J connectivity index is 2.40. The molecule has 0 fully saturated rings. The summed E-state index contributed by atoms with van der Waals surface area (Å²) in [6.07, 6.45) is 1.70. The fourth-order valence-electron chi connectivity index (χ4n) is 2.07. The van der Waals surface area contributed by atoms with Gasteiger partial charge in [0, 0.05) is 23.9 Å². The minimum Gasteiger partial charge on any atom is -0.417 e. The number of ether oxygens (including phenoxy) is 1. The maximum absolute atomic E-state index is 5.83. The number of nitrogens with one attached hydrogen (secondary N) is 1. The number of rotatable bonds is 5. The summed E-state index contributed by atoms with van der Waals surface area (Å²) in [5.41, 5.74) is 9.78. The van der Waals surface area contributed by atoms with Crippen LogP contribution in [0.25, 0.3) is 0 Å². The second-order valence-electron chi connectivity index (χ2n) is 4.31. The van der Waals surface area contributed by atoms with Crippen LogP contribution in [0.5, 0.6) is 11.8 Å². The van der Waals surface area contributed by atoms with Crippen molar-refractivity contribution in [2.45, 2.75) is 40.2 Å². The van der Waals surface area contributed by atoms with Gasteiger partial charge in [-0.25, -0.2) is 0 Å². The molecule has 0 saturated heterocycles. The quantitative estimate of drug-likeness (QED) is 0.857. The number of nitrogens with zero attached hydrogens (tertiary/aromatic N) is 3. The van der Waals surface area contributed by atoms with Gasteiger partial charge < -0.3 is 10.5 Å². The van der Waals surface area contributed by atoms with Crippen molar-refractivity contribution in [2.24, 2.45) is 5.73 Å². The SMILES string of the molecule is CCc1nnc(Oc2cc(C)[nH]n2)c(CN)c1CC. The molecule has 2 aromatic heterocycles. The van der Waals surface area contributed by atoms with Gasteiger partial charge in [0.15, 0.2) is 0 Å². The van der Waals surface area contributed by atoms with Gasteiger partial charge in [0.1, 0.15) is 0 Å². The van der Waals surface area contributed by atoms with Crippen LogP contribution in [0.15, 0.2) is 6.07 Å². The molecule has 0 unspecified atom stereocenters. The molecule has 0 aromatic carbocycles. The number of aromatic nitrogens is 4. The van der Waals surface area contributed by atoms with Gasteiger partial charge in [0.05, 0.1) is 5.69 Å². The molecule has 2 heterocycles. The molecule has 0 amide bonds. The summed E-state index contributed by atoms with van der Waals surface area (Å²) in [5, 5.41) is 15.2. The van der Waals surface area contributed by atoms with E-state index in [2.05, 4.69) is 34.2 Å². The Kier molecular flexibility index (Phi) is 4.11. The van der Waals surface area contributed by atoms with Crippen LogP contribution in [0.3, 0.4) is 0 Å². The van der Waals surface area contributed by atoms with E-state index in [-0.39, 0.29) is 0 Å². The molecule has 6 nitrogen and oxygen atoms in total. The number of aromatic amines is 1. The van der Waals surface area contributed by atoms with E-state index in [9.17, 15) is 0 Å². The number of hydrogen-bond donors (Lipinski definition) is 2. The van der Waals surface area contributed by atoms with Crippen LogP contribution in [0.1, 0.15) is 36.4 Å². The van der Waals surface area contributed by atoms with Crippen molar-refractivity contribution in [2.75, 3.05) is 0 Å². The molecule has 3 N–H and O–H groups in total. The van der Waals surface area contributed by atoms with Crippen molar-refractivity contribution < 1.29 is 4.74 Å². The molecule has 0 atom stereocenters. The Morgan fingerprint density at radius 3 is 2.53 bits per heavy atom. The maximum Gasteiger partial charge on any atom is 0.245 e. The normalized spacial score (nSPS) is 10.7. The van der Waals surface area contributed by atoms with Crippen molar-refractivity contribution in [1.29, 1.82) is 0 Å². The second kappa shape index (κ2) is 5.79. The Morgan fingerprint density at radius 1 is 1.21 bits per heavy atom. The predicted octanol–water partition coefficient (Wildman–Crippen LogP) is 1.88. The highest BCUT2D eigenvalue weighted by atomic mass is 16.5. The summed E-state index contributed by atoms with van der Waals surface area (Å²) in [6, 6.07) is 1.81. The van der Waals surface area contributed by atoms with Gasteiger partial charge in [-0.1, -0.05) is 13.8 Å². The van der Waals surface area contributed by atoms with E-state index in [1.807, 2.05) is 6.92 Å². The zero-order chi connectivity index (χ0) is 13.8. The average Bonchev–Trinajstić information content (AvgIpc) is 2.83. The minimum absolute atomic E-state index is 0.379. The lowest BCUT2D eigenvalue weighted by molar-refractivity contribution is 0.428. The van der Waals surface area contributed by atoms with Crippen LogP contribution in [0.2, 0.25) is 0 Å². The predicted molar refractivity (Wildman–Crippen MR) is 72.1 cm³/mol. The standard InChI is InChI=1S/C13H19N5O/c1-4-9-10(7-14)13(18-16-11(9)5-2)19-12-6-8(3)15-17-12/h6H,4-5,7,14H2,1-3H3,(H,15,17). The second-order valence-corrected chi connectivity index (χ2v) is 4.31. The third-order valence-electron chi connectivity index (χ3n) is 3.01. The van der Waals surface area contributed by atoms with E-state index < -0.39 is 0 Å². The van der Waals surface area contributed by atoms with Gasteiger partial charge in [0.25, 0.3) is 0 Å². The number of nitrogens with two attached hydrogens (primary N) is 1. The summed E-state index contributed by atoms with van der Waals surface area (Å²) in [5.74, 6) is 0.927. The highest BCUT2D eigenvalue weighted by Gasteiger charge is 2.15. The first kappa shape index (κ1) is 13.5.